The molecule has 0 spiro atoms. The predicted octanol–water partition coefficient (Wildman–Crippen LogP) is 1.58. The number of amides is 1. The first-order valence-electron chi connectivity index (χ1n) is 3.53. The van der Waals surface area contributed by atoms with Crippen LogP contribution >= 0.6 is 11.6 Å². The number of carbonyl (C=O) groups is 1. The Morgan fingerprint density at radius 1 is 1.62 bits per heavy atom. The van der Waals surface area contributed by atoms with E-state index >= 15 is 0 Å². The average Bonchev–Trinajstić information content (AvgIpc) is 2.39. The van der Waals surface area contributed by atoms with Gasteiger partial charge in [-0.05, 0) is 23.7 Å². The molecule has 2 N–H and O–H groups in total. The fourth-order valence-electron chi connectivity index (χ4n) is 1.11. The predicted molar refractivity (Wildman–Crippen MR) is 47.5 cm³/mol. The molecule has 0 aromatic carbocycles. The van der Waals surface area contributed by atoms with Crippen molar-refractivity contribution in [2.45, 2.75) is 0 Å². The highest BCUT2D eigenvalue weighted by Gasteiger charge is 2.17. The second-order valence-electron chi connectivity index (χ2n) is 2.47. The number of nitrogens with zero attached hydrogens (tertiary/aromatic N) is 1. The Balaban J connectivity index is 2.86. The molecule has 0 aliphatic heterocycles. The van der Waals surface area contributed by atoms with Crippen LogP contribution in [-0.4, -0.2) is 10.9 Å². The number of aromatic nitrogens is 1. The summed E-state index contributed by atoms with van der Waals surface area (Å²) in [5.41, 5.74) is 6.10. The lowest BCUT2D eigenvalue weighted by molar-refractivity contribution is 0.100. The fourth-order valence-corrected chi connectivity index (χ4v) is 1.38. The Kier molecular flexibility index (Phi) is 1.70. The highest BCUT2D eigenvalue weighted by atomic mass is 35.5. The van der Waals surface area contributed by atoms with Gasteiger partial charge in [0.2, 0.25) is 5.22 Å². The summed E-state index contributed by atoms with van der Waals surface area (Å²) in [6, 6.07) is 3.35. The molecule has 0 saturated heterocycles. The molecule has 4 nitrogen and oxygen atoms in total. The van der Waals surface area contributed by atoms with Crippen molar-refractivity contribution >= 4 is 28.6 Å². The van der Waals surface area contributed by atoms with Gasteiger partial charge in [-0.15, -0.1) is 0 Å². The third kappa shape index (κ3) is 1.15. The zero-order chi connectivity index (χ0) is 9.42. The van der Waals surface area contributed by atoms with Crippen molar-refractivity contribution in [2.24, 2.45) is 5.73 Å². The molecular weight excluding hydrogens is 192 g/mol. The van der Waals surface area contributed by atoms with Crippen LogP contribution in [-0.2, 0) is 0 Å². The number of pyridine rings is 1. The standard InChI is InChI=1S/C8H5ClN2O2/c9-7-5(8(10)12)6-4(13-7)2-1-3-11-6/h1-3H,(H2,10,12). The number of hydrogen-bond donors (Lipinski definition) is 1. The van der Waals surface area contributed by atoms with E-state index in [1.165, 1.54) is 0 Å². The van der Waals surface area contributed by atoms with Crippen molar-refractivity contribution < 1.29 is 9.21 Å². The Labute approximate surface area is 78.3 Å². The fraction of sp³-hybridized carbons (Fsp3) is 0. The van der Waals surface area contributed by atoms with Crippen molar-refractivity contribution in [1.29, 1.82) is 0 Å². The topological polar surface area (TPSA) is 69.1 Å². The third-order valence-electron chi connectivity index (χ3n) is 1.65. The summed E-state index contributed by atoms with van der Waals surface area (Å²) in [4.78, 5) is 14.9. The largest absolute Gasteiger partial charge is 0.442 e. The van der Waals surface area contributed by atoms with Gasteiger partial charge in [0.25, 0.3) is 5.91 Å². The molecule has 2 aromatic rings. The average molecular weight is 197 g/mol. The number of carbonyl (C=O) groups excluding carboxylic acids is 1. The maximum atomic E-state index is 10.9. The van der Waals surface area contributed by atoms with Gasteiger partial charge in [-0.3, -0.25) is 9.78 Å². The quantitative estimate of drug-likeness (QED) is 0.753. The summed E-state index contributed by atoms with van der Waals surface area (Å²) in [5, 5.41) is -0.0128. The van der Waals surface area contributed by atoms with Gasteiger partial charge in [-0.25, -0.2) is 0 Å². The Hall–Kier alpha value is -1.55. The Morgan fingerprint density at radius 2 is 2.38 bits per heavy atom. The highest BCUT2D eigenvalue weighted by molar-refractivity contribution is 6.34. The van der Waals surface area contributed by atoms with Gasteiger partial charge in [-0.1, -0.05) is 0 Å². The molecule has 0 unspecified atom stereocenters. The van der Waals surface area contributed by atoms with E-state index in [9.17, 15) is 4.79 Å². The van der Waals surface area contributed by atoms with Gasteiger partial charge >= 0.3 is 0 Å². The number of rotatable bonds is 1. The molecule has 66 valence electrons. The number of nitrogens with two attached hydrogens (primary N) is 1. The summed E-state index contributed by atoms with van der Waals surface area (Å²) in [5.74, 6) is -0.637. The van der Waals surface area contributed by atoms with E-state index in [-0.39, 0.29) is 10.8 Å². The molecule has 0 aliphatic rings. The number of hydrogen-bond acceptors (Lipinski definition) is 3. The Morgan fingerprint density at radius 3 is 3.08 bits per heavy atom. The molecule has 0 bridgehead atoms. The van der Waals surface area contributed by atoms with Gasteiger partial charge in [0.1, 0.15) is 11.1 Å². The molecule has 0 atom stereocenters. The number of furan rings is 1. The van der Waals surface area contributed by atoms with Crippen molar-refractivity contribution in [2.75, 3.05) is 0 Å². The van der Waals surface area contributed by atoms with Crippen molar-refractivity contribution in [3.05, 3.63) is 29.1 Å². The molecule has 2 heterocycles. The van der Waals surface area contributed by atoms with Gasteiger partial charge < -0.3 is 10.2 Å². The van der Waals surface area contributed by atoms with Crippen LogP contribution < -0.4 is 5.73 Å². The summed E-state index contributed by atoms with van der Waals surface area (Å²) in [6.45, 7) is 0. The highest BCUT2D eigenvalue weighted by Crippen LogP contribution is 2.26. The molecule has 0 radical (unpaired) electrons. The van der Waals surface area contributed by atoms with Gasteiger partial charge in [-0.2, -0.15) is 0 Å². The van der Waals surface area contributed by atoms with Crippen molar-refractivity contribution in [3.63, 3.8) is 0 Å². The summed E-state index contributed by atoms with van der Waals surface area (Å²) >= 11 is 5.66. The van der Waals surface area contributed by atoms with Crippen LogP contribution in [0.25, 0.3) is 11.1 Å². The van der Waals surface area contributed by atoms with Gasteiger partial charge in [0, 0.05) is 6.20 Å². The van der Waals surface area contributed by atoms with E-state index in [0.29, 0.717) is 11.1 Å². The lowest BCUT2D eigenvalue weighted by Crippen LogP contribution is -2.10. The number of primary amides is 1. The first-order chi connectivity index (χ1) is 6.20. The zero-order valence-corrected chi connectivity index (χ0v) is 7.21. The van der Waals surface area contributed by atoms with Crippen LogP contribution in [0, 0.1) is 0 Å². The molecule has 0 fully saturated rings. The summed E-state index contributed by atoms with van der Waals surface area (Å²) < 4.78 is 5.06. The second kappa shape index (κ2) is 2.74. The van der Waals surface area contributed by atoms with E-state index in [1.54, 1.807) is 18.3 Å². The zero-order valence-electron chi connectivity index (χ0n) is 6.45. The molecule has 5 heteroatoms. The SMILES string of the molecule is NC(=O)c1c(Cl)oc2cccnc12. The van der Waals surface area contributed by atoms with Gasteiger partial charge in [0.15, 0.2) is 5.58 Å². The second-order valence-corrected chi connectivity index (χ2v) is 2.81. The molecule has 13 heavy (non-hydrogen) atoms. The first-order valence-corrected chi connectivity index (χ1v) is 3.91. The van der Waals surface area contributed by atoms with Crippen LogP contribution in [0.3, 0.4) is 0 Å². The van der Waals surface area contributed by atoms with E-state index in [0.717, 1.165) is 0 Å². The normalized spacial score (nSPS) is 10.5. The molecular formula is C8H5ClN2O2. The monoisotopic (exact) mass is 196 g/mol. The summed E-state index contributed by atoms with van der Waals surface area (Å²) in [7, 11) is 0. The molecule has 0 saturated carbocycles. The number of fused-ring (bicyclic) bond motifs is 1. The van der Waals surface area contributed by atoms with E-state index < -0.39 is 5.91 Å². The van der Waals surface area contributed by atoms with Crippen LogP contribution in [0.4, 0.5) is 0 Å². The molecule has 2 rings (SSSR count). The minimum atomic E-state index is -0.637. The smallest absolute Gasteiger partial charge is 0.255 e. The Bertz CT molecular complexity index is 478. The third-order valence-corrected chi connectivity index (χ3v) is 1.92. The first kappa shape index (κ1) is 8.07. The maximum Gasteiger partial charge on any atom is 0.255 e. The van der Waals surface area contributed by atoms with Crippen LogP contribution in [0.1, 0.15) is 10.4 Å². The van der Waals surface area contributed by atoms with E-state index in [2.05, 4.69) is 4.98 Å². The maximum absolute atomic E-state index is 10.9. The van der Waals surface area contributed by atoms with Crippen LogP contribution in [0.2, 0.25) is 5.22 Å². The molecule has 2 aromatic heterocycles. The minimum absolute atomic E-state index is 0.0128. The number of halogens is 1. The molecule has 1 amide bonds. The van der Waals surface area contributed by atoms with E-state index in [4.69, 9.17) is 21.8 Å². The van der Waals surface area contributed by atoms with Crippen molar-refractivity contribution in [3.8, 4) is 0 Å². The lowest BCUT2D eigenvalue weighted by atomic mass is 10.2. The van der Waals surface area contributed by atoms with E-state index in [1.807, 2.05) is 0 Å². The minimum Gasteiger partial charge on any atom is -0.442 e. The van der Waals surface area contributed by atoms with Crippen molar-refractivity contribution in [1.82, 2.24) is 4.98 Å². The summed E-state index contributed by atoms with van der Waals surface area (Å²) in [6.07, 6.45) is 1.54. The lowest BCUT2D eigenvalue weighted by Gasteiger charge is -1.88. The van der Waals surface area contributed by atoms with Crippen LogP contribution in [0.15, 0.2) is 22.7 Å². The molecule has 0 aliphatic carbocycles. The van der Waals surface area contributed by atoms with Gasteiger partial charge in [0.05, 0.1) is 0 Å². The van der Waals surface area contributed by atoms with Crippen LogP contribution in [0.5, 0.6) is 0 Å².